The summed E-state index contributed by atoms with van der Waals surface area (Å²) in [7, 11) is 0. The first-order valence-electron chi connectivity index (χ1n) is 9.81. The van der Waals surface area contributed by atoms with Gasteiger partial charge in [-0.1, -0.05) is 20.8 Å². The minimum absolute atomic E-state index is 0.216. The maximum atomic E-state index is 14.6. The minimum atomic E-state index is -0.771. The van der Waals surface area contributed by atoms with Crippen molar-refractivity contribution in [3.8, 4) is 11.4 Å². The van der Waals surface area contributed by atoms with Crippen LogP contribution in [0.1, 0.15) is 33.6 Å². The van der Waals surface area contributed by atoms with E-state index in [0.717, 1.165) is 24.8 Å². The summed E-state index contributed by atoms with van der Waals surface area (Å²) < 4.78 is 14.6. The van der Waals surface area contributed by atoms with Crippen molar-refractivity contribution in [1.82, 2.24) is 20.2 Å². The topological polar surface area (TPSA) is 77.9 Å². The number of nitrogens with zero attached hydrogens (tertiary/aromatic N) is 4. The summed E-state index contributed by atoms with van der Waals surface area (Å²) in [4.78, 5) is 10.8. The standard InChI is InChI=1S/C21H26FN5O/c1-13(2)11-21(28)12-27(10-8-14(21)3)17-7-6-16(22)19(24-17)18-15-5-4-9-23-20(15)26-25-18/h4-7,9,13-14,28H,8,10-12H2,1-3H3,(H,23,25,26)/t14-,21-/m0/s1. The van der Waals surface area contributed by atoms with Gasteiger partial charge in [0.2, 0.25) is 0 Å². The molecule has 28 heavy (non-hydrogen) atoms. The van der Waals surface area contributed by atoms with E-state index in [4.69, 9.17) is 0 Å². The number of aromatic amines is 1. The number of aromatic nitrogens is 4. The van der Waals surface area contributed by atoms with Crippen LogP contribution in [-0.2, 0) is 0 Å². The first-order valence-corrected chi connectivity index (χ1v) is 9.81. The lowest BCUT2D eigenvalue weighted by molar-refractivity contribution is -0.0364. The van der Waals surface area contributed by atoms with Crippen LogP contribution in [0, 0.1) is 17.7 Å². The highest BCUT2D eigenvalue weighted by atomic mass is 19.1. The molecular formula is C21H26FN5O. The van der Waals surface area contributed by atoms with E-state index in [9.17, 15) is 9.50 Å². The summed E-state index contributed by atoms with van der Waals surface area (Å²) in [6.45, 7) is 7.62. The Morgan fingerprint density at radius 2 is 2.18 bits per heavy atom. The Bertz CT molecular complexity index is 988. The maximum Gasteiger partial charge on any atom is 0.181 e. The highest BCUT2D eigenvalue weighted by molar-refractivity contribution is 5.89. The molecule has 7 heteroatoms. The molecule has 2 atom stereocenters. The van der Waals surface area contributed by atoms with Crippen LogP contribution in [0.5, 0.6) is 0 Å². The fourth-order valence-electron chi connectivity index (χ4n) is 4.17. The van der Waals surface area contributed by atoms with E-state index < -0.39 is 11.4 Å². The Morgan fingerprint density at radius 1 is 1.36 bits per heavy atom. The molecule has 1 fully saturated rings. The maximum absolute atomic E-state index is 14.6. The molecule has 2 N–H and O–H groups in total. The zero-order valence-electron chi connectivity index (χ0n) is 16.5. The number of aliphatic hydroxyl groups is 1. The number of pyridine rings is 2. The Kier molecular flexibility index (Phi) is 4.79. The molecular weight excluding hydrogens is 357 g/mol. The Hall–Kier alpha value is -2.54. The normalized spacial score (nSPS) is 22.9. The van der Waals surface area contributed by atoms with Crippen molar-refractivity contribution in [2.45, 2.75) is 39.2 Å². The van der Waals surface area contributed by atoms with Crippen LogP contribution in [0.15, 0.2) is 30.5 Å². The average molecular weight is 383 g/mol. The molecule has 4 heterocycles. The van der Waals surface area contributed by atoms with Crippen LogP contribution in [0.2, 0.25) is 0 Å². The van der Waals surface area contributed by atoms with Gasteiger partial charge in [-0.2, -0.15) is 5.10 Å². The number of anilines is 1. The van der Waals surface area contributed by atoms with Gasteiger partial charge in [0.15, 0.2) is 11.5 Å². The monoisotopic (exact) mass is 383 g/mol. The molecule has 0 amide bonds. The summed E-state index contributed by atoms with van der Waals surface area (Å²) in [5, 5.41) is 19.0. The number of nitrogens with one attached hydrogen (secondary N) is 1. The lowest BCUT2D eigenvalue weighted by atomic mass is 9.77. The first kappa shape index (κ1) is 18.8. The largest absolute Gasteiger partial charge is 0.388 e. The molecule has 0 bridgehead atoms. The molecule has 0 saturated carbocycles. The second kappa shape index (κ2) is 7.13. The fraction of sp³-hybridized carbons (Fsp3) is 0.476. The zero-order valence-corrected chi connectivity index (χ0v) is 16.5. The number of H-pyrrole nitrogens is 1. The molecule has 6 nitrogen and oxygen atoms in total. The Balaban J connectivity index is 1.69. The van der Waals surface area contributed by atoms with Crippen LogP contribution in [0.3, 0.4) is 0 Å². The van der Waals surface area contributed by atoms with E-state index in [0.29, 0.717) is 29.6 Å². The molecule has 1 aliphatic heterocycles. The second-order valence-corrected chi connectivity index (χ2v) is 8.29. The lowest BCUT2D eigenvalue weighted by Crippen LogP contribution is -2.54. The van der Waals surface area contributed by atoms with Gasteiger partial charge in [0.25, 0.3) is 0 Å². The summed E-state index contributed by atoms with van der Waals surface area (Å²) >= 11 is 0. The molecule has 0 radical (unpaired) electrons. The predicted molar refractivity (Wildman–Crippen MR) is 107 cm³/mol. The fourth-order valence-corrected chi connectivity index (χ4v) is 4.17. The third-order valence-corrected chi connectivity index (χ3v) is 5.70. The van der Waals surface area contributed by atoms with E-state index in [1.807, 2.05) is 6.07 Å². The van der Waals surface area contributed by atoms with Crippen LogP contribution in [-0.4, -0.2) is 44.0 Å². The van der Waals surface area contributed by atoms with Gasteiger partial charge < -0.3 is 10.0 Å². The second-order valence-electron chi connectivity index (χ2n) is 8.29. The van der Waals surface area contributed by atoms with Gasteiger partial charge in [-0.05, 0) is 48.9 Å². The molecule has 1 saturated heterocycles. The van der Waals surface area contributed by atoms with Gasteiger partial charge in [0.05, 0.1) is 11.3 Å². The molecule has 148 valence electrons. The van der Waals surface area contributed by atoms with Gasteiger partial charge in [-0.3, -0.25) is 5.10 Å². The number of rotatable bonds is 4. The smallest absolute Gasteiger partial charge is 0.181 e. The number of hydrogen-bond donors (Lipinski definition) is 2. The van der Waals surface area contributed by atoms with Crippen molar-refractivity contribution in [2.75, 3.05) is 18.0 Å². The van der Waals surface area contributed by atoms with Gasteiger partial charge in [0.1, 0.15) is 11.5 Å². The first-order chi connectivity index (χ1) is 13.4. The van der Waals surface area contributed by atoms with Crippen LogP contribution < -0.4 is 4.90 Å². The summed E-state index contributed by atoms with van der Waals surface area (Å²) in [5.41, 5.74) is 0.499. The number of halogens is 1. The third kappa shape index (κ3) is 3.35. The quantitative estimate of drug-likeness (QED) is 0.717. The van der Waals surface area contributed by atoms with Gasteiger partial charge in [-0.15, -0.1) is 0 Å². The highest BCUT2D eigenvalue weighted by Gasteiger charge is 2.40. The minimum Gasteiger partial charge on any atom is -0.388 e. The Labute approximate surface area is 163 Å². The lowest BCUT2D eigenvalue weighted by Gasteiger charge is -2.45. The molecule has 3 aromatic heterocycles. The van der Waals surface area contributed by atoms with Crippen molar-refractivity contribution in [1.29, 1.82) is 0 Å². The van der Waals surface area contributed by atoms with Crippen molar-refractivity contribution in [3.63, 3.8) is 0 Å². The predicted octanol–water partition coefficient (Wildman–Crippen LogP) is 3.78. The van der Waals surface area contributed by atoms with Gasteiger partial charge >= 0.3 is 0 Å². The van der Waals surface area contributed by atoms with Crippen molar-refractivity contribution < 1.29 is 9.50 Å². The van der Waals surface area contributed by atoms with Crippen LogP contribution >= 0.6 is 0 Å². The van der Waals surface area contributed by atoms with E-state index in [1.54, 1.807) is 18.3 Å². The molecule has 0 aliphatic carbocycles. The average Bonchev–Trinajstić information content (AvgIpc) is 3.08. The molecule has 0 aromatic carbocycles. The summed E-state index contributed by atoms with van der Waals surface area (Å²) in [5.74, 6) is 0.861. The van der Waals surface area contributed by atoms with E-state index in [-0.39, 0.29) is 11.6 Å². The molecule has 0 unspecified atom stereocenters. The number of β-amino-alcohol motifs (C(OH)–C–C–N with tert-alkyl or cyclic N) is 1. The third-order valence-electron chi connectivity index (χ3n) is 5.70. The van der Waals surface area contributed by atoms with Crippen LogP contribution in [0.25, 0.3) is 22.4 Å². The van der Waals surface area contributed by atoms with E-state index in [1.165, 1.54) is 6.07 Å². The number of fused-ring (bicyclic) bond motifs is 1. The summed E-state index contributed by atoms with van der Waals surface area (Å²) in [6, 6.07) is 6.75. The molecule has 3 aromatic rings. The van der Waals surface area contributed by atoms with Crippen LogP contribution in [0.4, 0.5) is 10.2 Å². The van der Waals surface area contributed by atoms with E-state index >= 15 is 0 Å². The Morgan fingerprint density at radius 3 is 2.96 bits per heavy atom. The SMILES string of the molecule is CC(C)C[C@]1(O)CN(c2ccc(F)c(-c3[nH]nc4ncccc34)n2)CC[C@@H]1C. The van der Waals surface area contributed by atoms with Crippen molar-refractivity contribution in [3.05, 3.63) is 36.3 Å². The highest BCUT2D eigenvalue weighted by Crippen LogP contribution is 2.35. The number of hydrogen-bond acceptors (Lipinski definition) is 5. The number of piperidine rings is 1. The van der Waals surface area contributed by atoms with Crippen molar-refractivity contribution >= 4 is 16.9 Å². The van der Waals surface area contributed by atoms with E-state index in [2.05, 4.69) is 45.8 Å². The van der Waals surface area contributed by atoms with Gasteiger partial charge in [0, 0.05) is 24.7 Å². The molecule has 0 spiro atoms. The molecule has 4 rings (SSSR count). The zero-order chi connectivity index (χ0) is 19.9. The molecule has 1 aliphatic rings. The van der Waals surface area contributed by atoms with Gasteiger partial charge in [-0.25, -0.2) is 14.4 Å². The summed E-state index contributed by atoms with van der Waals surface area (Å²) in [6.07, 6.45) is 3.25. The van der Waals surface area contributed by atoms with Crippen molar-refractivity contribution in [2.24, 2.45) is 11.8 Å².